The van der Waals surface area contributed by atoms with Gasteiger partial charge in [-0.2, -0.15) is 0 Å². The summed E-state index contributed by atoms with van der Waals surface area (Å²) in [6.45, 7) is 0.334. The Hall–Kier alpha value is -1.48. The predicted molar refractivity (Wildman–Crippen MR) is 74.4 cm³/mol. The number of aryl methyl sites for hydroxylation is 1. The third-order valence-corrected chi connectivity index (χ3v) is 4.63. The molecule has 0 aliphatic rings. The molecule has 0 amide bonds. The van der Waals surface area contributed by atoms with E-state index < -0.39 is 10.0 Å². The number of aromatic nitrogens is 3. The molecule has 1 heterocycles. The molecular weight excluding hydrogens is 302 g/mol. The molecule has 0 aliphatic heterocycles. The number of nitrogens with zero attached hydrogens (tertiary/aromatic N) is 3. The molecule has 2 aromatic rings. The Morgan fingerprint density at radius 3 is 2.75 bits per heavy atom. The lowest BCUT2D eigenvalue weighted by Crippen LogP contribution is -2.25. The minimum absolute atomic E-state index is 0.0125. The van der Waals surface area contributed by atoms with Gasteiger partial charge in [0.15, 0.2) is 0 Å². The zero-order valence-electron chi connectivity index (χ0n) is 10.7. The Morgan fingerprint density at radius 2 is 2.20 bits per heavy atom. The molecule has 0 fully saturated rings. The lowest BCUT2D eigenvalue weighted by atomic mass is 10.2. The van der Waals surface area contributed by atoms with Crippen LogP contribution in [0.2, 0.25) is 5.02 Å². The highest BCUT2D eigenvalue weighted by Gasteiger charge is 2.18. The molecule has 0 saturated carbocycles. The van der Waals surface area contributed by atoms with Crippen molar-refractivity contribution < 1.29 is 8.42 Å². The topological polar surface area (TPSA) is 103 Å². The molecule has 0 bridgehead atoms. The number of benzene rings is 1. The zero-order valence-corrected chi connectivity index (χ0v) is 12.3. The largest absolute Gasteiger partial charge is 0.326 e. The maximum absolute atomic E-state index is 12.2. The molecule has 108 valence electrons. The van der Waals surface area contributed by atoms with E-state index in [0.29, 0.717) is 12.4 Å². The van der Waals surface area contributed by atoms with Gasteiger partial charge >= 0.3 is 0 Å². The molecule has 0 radical (unpaired) electrons. The van der Waals surface area contributed by atoms with Gasteiger partial charge < -0.3 is 10.3 Å². The fourth-order valence-electron chi connectivity index (χ4n) is 1.59. The maximum Gasteiger partial charge on any atom is 0.242 e. The first kappa shape index (κ1) is 14.9. The Kier molecular flexibility index (Phi) is 4.39. The highest BCUT2D eigenvalue weighted by molar-refractivity contribution is 7.89. The fourth-order valence-corrected chi connectivity index (χ4v) is 3.14. The summed E-state index contributed by atoms with van der Waals surface area (Å²) >= 11 is 5.98. The van der Waals surface area contributed by atoms with Crippen LogP contribution in [0.15, 0.2) is 29.4 Å². The summed E-state index contributed by atoms with van der Waals surface area (Å²) in [5, 5.41) is 7.61. The van der Waals surface area contributed by atoms with Crippen LogP contribution in [0.3, 0.4) is 0 Å². The van der Waals surface area contributed by atoms with Crippen molar-refractivity contribution in [2.75, 3.05) is 0 Å². The van der Waals surface area contributed by atoms with Crippen molar-refractivity contribution in [1.29, 1.82) is 0 Å². The molecule has 0 atom stereocenters. The van der Waals surface area contributed by atoms with Gasteiger partial charge in [-0.1, -0.05) is 17.7 Å². The lowest BCUT2D eigenvalue weighted by Gasteiger charge is -2.09. The van der Waals surface area contributed by atoms with E-state index in [4.69, 9.17) is 17.3 Å². The summed E-state index contributed by atoms with van der Waals surface area (Å²) in [6, 6.07) is 4.60. The molecule has 0 aliphatic carbocycles. The van der Waals surface area contributed by atoms with Crippen LogP contribution in [0.25, 0.3) is 0 Å². The van der Waals surface area contributed by atoms with Crippen molar-refractivity contribution in [2.24, 2.45) is 12.8 Å². The highest BCUT2D eigenvalue weighted by atomic mass is 35.5. The molecular formula is C11H14ClN5O2S. The number of nitrogens with one attached hydrogen (secondary N) is 1. The summed E-state index contributed by atoms with van der Waals surface area (Å²) in [6.07, 6.45) is 1.49. The second kappa shape index (κ2) is 5.88. The Morgan fingerprint density at radius 1 is 1.45 bits per heavy atom. The van der Waals surface area contributed by atoms with Crippen LogP contribution < -0.4 is 10.5 Å². The van der Waals surface area contributed by atoms with Gasteiger partial charge in [-0.25, -0.2) is 13.1 Å². The average molecular weight is 316 g/mol. The quantitative estimate of drug-likeness (QED) is 0.831. The van der Waals surface area contributed by atoms with Crippen molar-refractivity contribution in [3.63, 3.8) is 0 Å². The minimum atomic E-state index is -3.71. The first-order valence-electron chi connectivity index (χ1n) is 5.75. The van der Waals surface area contributed by atoms with E-state index in [1.165, 1.54) is 12.4 Å². The zero-order chi connectivity index (χ0) is 14.8. The monoisotopic (exact) mass is 315 g/mol. The molecule has 3 N–H and O–H groups in total. The van der Waals surface area contributed by atoms with Crippen LogP contribution in [0.4, 0.5) is 0 Å². The molecule has 0 saturated heterocycles. The van der Waals surface area contributed by atoms with Gasteiger partial charge in [0.05, 0.1) is 11.6 Å². The normalized spacial score (nSPS) is 11.8. The van der Waals surface area contributed by atoms with E-state index in [9.17, 15) is 8.42 Å². The fraction of sp³-hybridized carbons (Fsp3) is 0.273. The van der Waals surface area contributed by atoms with Crippen molar-refractivity contribution in [2.45, 2.75) is 18.0 Å². The van der Waals surface area contributed by atoms with E-state index in [0.717, 1.165) is 5.56 Å². The van der Waals surface area contributed by atoms with E-state index in [2.05, 4.69) is 14.9 Å². The van der Waals surface area contributed by atoms with Crippen LogP contribution in [0, 0.1) is 0 Å². The molecule has 1 aromatic carbocycles. The van der Waals surface area contributed by atoms with Gasteiger partial charge in [-0.05, 0) is 17.7 Å². The standard InChI is InChI=1S/C11H14ClN5O2S/c1-17-7-14-16-11(17)6-15-20(18,19)10-3-2-8(5-13)4-9(10)12/h2-4,7,15H,5-6,13H2,1H3. The first-order chi connectivity index (χ1) is 9.44. The SMILES string of the molecule is Cn1cnnc1CNS(=O)(=O)c1ccc(CN)cc1Cl. The van der Waals surface area contributed by atoms with Gasteiger partial charge in [0, 0.05) is 13.6 Å². The van der Waals surface area contributed by atoms with Crippen LogP contribution in [-0.4, -0.2) is 23.2 Å². The van der Waals surface area contributed by atoms with E-state index >= 15 is 0 Å². The number of rotatable bonds is 5. The smallest absolute Gasteiger partial charge is 0.242 e. The van der Waals surface area contributed by atoms with E-state index in [-0.39, 0.29) is 16.5 Å². The van der Waals surface area contributed by atoms with Gasteiger partial charge in [-0.15, -0.1) is 10.2 Å². The van der Waals surface area contributed by atoms with Crippen molar-refractivity contribution in [3.05, 3.63) is 40.9 Å². The molecule has 1 aromatic heterocycles. The maximum atomic E-state index is 12.2. The summed E-state index contributed by atoms with van der Waals surface area (Å²) < 4.78 is 28.4. The molecule has 9 heteroatoms. The molecule has 2 rings (SSSR count). The van der Waals surface area contributed by atoms with Crippen molar-refractivity contribution in [3.8, 4) is 0 Å². The summed E-state index contributed by atoms with van der Waals surface area (Å²) in [7, 11) is -1.98. The van der Waals surface area contributed by atoms with E-state index in [1.54, 1.807) is 23.7 Å². The molecule has 7 nitrogen and oxygen atoms in total. The number of hydrogen-bond donors (Lipinski definition) is 2. The van der Waals surface area contributed by atoms with Gasteiger partial charge in [-0.3, -0.25) is 0 Å². The average Bonchev–Trinajstić information content (AvgIpc) is 2.81. The summed E-state index contributed by atoms with van der Waals surface area (Å²) in [5.74, 6) is 0.503. The molecule has 0 spiro atoms. The van der Waals surface area contributed by atoms with Crippen LogP contribution in [0.1, 0.15) is 11.4 Å². The van der Waals surface area contributed by atoms with Gasteiger partial charge in [0.25, 0.3) is 0 Å². The Balaban J connectivity index is 2.20. The van der Waals surface area contributed by atoms with Crippen LogP contribution in [-0.2, 0) is 30.2 Å². The van der Waals surface area contributed by atoms with Gasteiger partial charge in [0.2, 0.25) is 10.0 Å². The number of hydrogen-bond acceptors (Lipinski definition) is 5. The van der Waals surface area contributed by atoms with E-state index in [1.807, 2.05) is 0 Å². The van der Waals surface area contributed by atoms with Crippen LogP contribution in [0.5, 0.6) is 0 Å². The number of halogens is 1. The Bertz CT molecular complexity index is 713. The Labute approximate surface area is 121 Å². The highest BCUT2D eigenvalue weighted by Crippen LogP contribution is 2.22. The summed E-state index contributed by atoms with van der Waals surface area (Å²) in [4.78, 5) is 0.0125. The molecule has 20 heavy (non-hydrogen) atoms. The lowest BCUT2D eigenvalue weighted by molar-refractivity contribution is 0.577. The number of nitrogens with two attached hydrogens (primary N) is 1. The second-order valence-electron chi connectivity index (χ2n) is 4.15. The first-order valence-corrected chi connectivity index (χ1v) is 7.61. The van der Waals surface area contributed by atoms with Gasteiger partial charge in [0.1, 0.15) is 17.0 Å². The van der Waals surface area contributed by atoms with Crippen molar-refractivity contribution in [1.82, 2.24) is 19.5 Å². The minimum Gasteiger partial charge on any atom is -0.326 e. The molecule has 0 unspecified atom stereocenters. The van der Waals surface area contributed by atoms with Crippen LogP contribution >= 0.6 is 11.6 Å². The third kappa shape index (κ3) is 3.15. The summed E-state index contributed by atoms with van der Waals surface area (Å²) in [5.41, 5.74) is 6.24. The number of sulfonamides is 1. The third-order valence-electron chi connectivity index (χ3n) is 2.75. The van der Waals surface area contributed by atoms with Crippen molar-refractivity contribution >= 4 is 21.6 Å². The second-order valence-corrected chi connectivity index (χ2v) is 6.29. The predicted octanol–water partition coefficient (Wildman–Crippen LogP) is 0.406.